The molecule has 2 rings (SSSR count). The van der Waals surface area contributed by atoms with Crippen molar-refractivity contribution in [2.75, 3.05) is 11.9 Å². The first-order chi connectivity index (χ1) is 8.66. The molecule has 0 fully saturated rings. The number of para-hydroxylation sites is 1. The lowest BCUT2D eigenvalue weighted by Gasteiger charge is -2.10. The predicted molar refractivity (Wildman–Crippen MR) is 67.7 cm³/mol. The third-order valence-corrected chi connectivity index (χ3v) is 2.81. The molecule has 1 N–H and O–H groups in total. The molecule has 0 saturated heterocycles. The Balaban J connectivity index is 1.93. The Labute approximate surface area is 108 Å². The first kappa shape index (κ1) is 12.4. The molecule has 0 aliphatic heterocycles. The number of rotatable bonds is 4. The van der Waals surface area contributed by atoms with Crippen LogP contribution in [0.3, 0.4) is 0 Å². The predicted octanol–water partition coefficient (Wildman–Crippen LogP) is 1.57. The van der Waals surface area contributed by atoms with E-state index in [9.17, 15) is 4.79 Å². The van der Waals surface area contributed by atoms with Crippen LogP contribution in [0.25, 0.3) is 0 Å². The number of nitrogens with one attached hydrogen (secondary N) is 1. The van der Waals surface area contributed by atoms with Crippen molar-refractivity contribution in [1.82, 2.24) is 14.8 Å². The highest BCUT2D eigenvalue weighted by molar-refractivity contribution is 7.09. The summed E-state index contributed by atoms with van der Waals surface area (Å²) in [5.41, 5.74) is 2.00. The zero-order chi connectivity index (χ0) is 13.0. The van der Waals surface area contributed by atoms with Gasteiger partial charge in [0.2, 0.25) is 5.13 Å². The van der Waals surface area contributed by atoms with Crippen molar-refractivity contribution >= 4 is 22.6 Å². The van der Waals surface area contributed by atoms with Crippen molar-refractivity contribution in [1.29, 1.82) is 0 Å². The zero-order valence-corrected chi connectivity index (χ0v) is 10.8. The number of ether oxygens (including phenoxy) is 1. The van der Waals surface area contributed by atoms with E-state index in [1.807, 2.05) is 32.0 Å². The maximum absolute atomic E-state index is 11.6. The first-order valence-corrected chi connectivity index (χ1v) is 6.08. The summed E-state index contributed by atoms with van der Waals surface area (Å²) in [6, 6.07) is 5.83. The largest absolute Gasteiger partial charge is 0.483 e. The van der Waals surface area contributed by atoms with Crippen LogP contribution in [0, 0.1) is 13.8 Å². The van der Waals surface area contributed by atoms with Gasteiger partial charge in [-0.2, -0.15) is 0 Å². The number of aryl methyl sites for hydroxylation is 2. The van der Waals surface area contributed by atoms with Crippen LogP contribution in [0.1, 0.15) is 11.1 Å². The molecule has 0 aliphatic carbocycles. The first-order valence-electron chi connectivity index (χ1n) is 5.30. The van der Waals surface area contributed by atoms with Crippen molar-refractivity contribution in [2.45, 2.75) is 13.8 Å². The molecule has 0 atom stereocenters. The van der Waals surface area contributed by atoms with Gasteiger partial charge in [0, 0.05) is 11.5 Å². The van der Waals surface area contributed by atoms with E-state index in [0.29, 0.717) is 5.13 Å². The second-order valence-corrected chi connectivity index (χ2v) is 4.46. The number of hydrogen-bond acceptors (Lipinski definition) is 6. The highest BCUT2D eigenvalue weighted by Crippen LogP contribution is 2.22. The number of carbonyl (C=O) groups excluding carboxylic acids is 1. The third-order valence-electron chi connectivity index (χ3n) is 2.30. The fourth-order valence-corrected chi connectivity index (χ4v) is 1.88. The molecule has 1 aromatic heterocycles. The van der Waals surface area contributed by atoms with Crippen molar-refractivity contribution < 1.29 is 9.53 Å². The Bertz CT molecular complexity index is 522. The van der Waals surface area contributed by atoms with Crippen LogP contribution in [0.2, 0.25) is 0 Å². The molecule has 18 heavy (non-hydrogen) atoms. The molecular formula is C11H12N4O2S. The molecule has 1 heterocycles. The van der Waals surface area contributed by atoms with Crippen molar-refractivity contribution in [3.8, 4) is 5.75 Å². The number of anilines is 1. The summed E-state index contributed by atoms with van der Waals surface area (Å²) < 4.78 is 9.05. The number of hydrogen-bond donors (Lipinski definition) is 1. The van der Waals surface area contributed by atoms with Gasteiger partial charge in [-0.3, -0.25) is 10.1 Å². The van der Waals surface area contributed by atoms with Crippen LogP contribution in [0.4, 0.5) is 5.13 Å². The van der Waals surface area contributed by atoms with Gasteiger partial charge in [0.05, 0.1) is 0 Å². The summed E-state index contributed by atoms with van der Waals surface area (Å²) in [5.74, 6) is 0.458. The van der Waals surface area contributed by atoms with Gasteiger partial charge >= 0.3 is 0 Å². The summed E-state index contributed by atoms with van der Waals surface area (Å²) in [6.07, 6.45) is 0. The van der Waals surface area contributed by atoms with E-state index in [2.05, 4.69) is 20.1 Å². The summed E-state index contributed by atoms with van der Waals surface area (Å²) in [6.45, 7) is 3.81. The molecule has 6 nitrogen and oxygen atoms in total. The molecule has 1 aromatic carbocycles. The van der Waals surface area contributed by atoms with E-state index in [1.165, 1.54) is 0 Å². The van der Waals surface area contributed by atoms with E-state index in [-0.39, 0.29) is 12.5 Å². The van der Waals surface area contributed by atoms with Gasteiger partial charge in [0.25, 0.3) is 5.91 Å². The van der Waals surface area contributed by atoms with Crippen LogP contribution in [-0.4, -0.2) is 27.3 Å². The number of nitrogens with zero attached hydrogens (tertiary/aromatic N) is 3. The number of aromatic nitrogens is 3. The minimum atomic E-state index is -0.281. The lowest BCUT2D eigenvalue weighted by atomic mass is 10.1. The monoisotopic (exact) mass is 264 g/mol. The van der Waals surface area contributed by atoms with Crippen LogP contribution in [-0.2, 0) is 4.79 Å². The van der Waals surface area contributed by atoms with E-state index in [1.54, 1.807) is 0 Å². The average Bonchev–Trinajstić information content (AvgIpc) is 2.81. The Morgan fingerprint density at radius 1 is 1.39 bits per heavy atom. The number of amides is 1. The highest BCUT2D eigenvalue weighted by Gasteiger charge is 2.09. The lowest BCUT2D eigenvalue weighted by Crippen LogP contribution is -2.20. The summed E-state index contributed by atoms with van der Waals surface area (Å²) >= 11 is 1.02. The fourth-order valence-electron chi connectivity index (χ4n) is 1.50. The molecule has 7 heteroatoms. The summed E-state index contributed by atoms with van der Waals surface area (Å²) in [4.78, 5) is 11.6. The van der Waals surface area contributed by atoms with Gasteiger partial charge in [-0.15, -0.1) is 0 Å². The number of benzene rings is 1. The SMILES string of the molecule is Cc1cccc(C)c1OCC(=O)Nc1nnns1. The third kappa shape index (κ3) is 3.01. The Hall–Kier alpha value is -2.02. The topological polar surface area (TPSA) is 77.0 Å². The van der Waals surface area contributed by atoms with Crippen molar-refractivity contribution in [3.63, 3.8) is 0 Å². The molecule has 0 radical (unpaired) electrons. The van der Waals surface area contributed by atoms with E-state index in [0.717, 1.165) is 28.4 Å². The average molecular weight is 264 g/mol. The maximum atomic E-state index is 11.6. The zero-order valence-electron chi connectivity index (χ0n) is 10.0. The smallest absolute Gasteiger partial charge is 0.264 e. The van der Waals surface area contributed by atoms with Gasteiger partial charge in [0.15, 0.2) is 6.61 Å². The van der Waals surface area contributed by atoms with Gasteiger partial charge < -0.3 is 4.74 Å². The molecule has 0 saturated carbocycles. The van der Waals surface area contributed by atoms with Gasteiger partial charge in [-0.25, -0.2) is 0 Å². The molecule has 0 bridgehead atoms. The van der Waals surface area contributed by atoms with Crippen molar-refractivity contribution in [3.05, 3.63) is 29.3 Å². The van der Waals surface area contributed by atoms with Crippen molar-refractivity contribution in [2.24, 2.45) is 0 Å². The molecular weight excluding hydrogens is 252 g/mol. The maximum Gasteiger partial charge on any atom is 0.264 e. The normalized spacial score (nSPS) is 10.1. The molecule has 2 aromatic rings. The van der Waals surface area contributed by atoms with E-state index in [4.69, 9.17) is 4.74 Å². The van der Waals surface area contributed by atoms with E-state index >= 15 is 0 Å². The molecule has 1 amide bonds. The van der Waals surface area contributed by atoms with Gasteiger partial charge in [-0.05, 0) is 30.2 Å². The van der Waals surface area contributed by atoms with Gasteiger partial charge in [0.1, 0.15) is 5.75 Å². The fraction of sp³-hybridized carbons (Fsp3) is 0.273. The molecule has 0 aliphatic rings. The standard InChI is InChI=1S/C11H12N4O2S/c1-7-4-3-5-8(2)10(7)17-6-9(16)12-11-13-14-15-18-11/h3-5H,6H2,1-2H3,(H,12,13,15,16). The van der Waals surface area contributed by atoms with E-state index < -0.39 is 0 Å². The minimum absolute atomic E-state index is 0.0642. The number of carbonyl (C=O) groups is 1. The molecule has 0 spiro atoms. The summed E-state index contributed by atoms with van der Waals surface area (Å²) in [5, 5.41) is 9.92. The van der Waals surface area contributed by atoms with Crippen LogP contribution >= 0.6 is 11.5 Å². The quantitative estimate of drug-likeness (QED) is 0.907. The van der Waals surface area contributed by atoms with Gasteiger partial charge in [-0.1, -0.05) is 27.8 Å². The highest BCUT2D eigenvalue weighted by atomic mass is 32.1. The minimum Gasteiger partial charge on any atom is -0.483 e. The summed E-state index contributed by atoms with van der Waals surface area (Å²) in [7, 11) is 0. The van der Waals surface area contributed by atoms with Crippen LogP contribution < -0.4 is 10.1 Å². The Morgan fingerprint density at radius 3 is 2.72 bits per heavy atom. The lowest BCUT2D eigenvalue weighted by molar-refractivity contribution is -0.118. The second-order valence-electron chi connectivity index (χ2n) is 3.73. The Kier molecular flexibility index (Phi) is 3.83. The molecule has 0 unspecified atom stereocenters. The Morgan fingerprint density at radius 2 is 2.11 bits per heavy atom. The van der Waals surface area contributed by atoms with Crippen LogP contribution in [0.15, 0.2) is 18.2 Å². The molecule has 94 valence electrons. The van der Waals surface area contributed by atoms with Crippen LogP contribution in [0.5, 0.6) is 5.75 Å². The second kappa shape index (κ2) is 5.54.